The molecule has 2 aliphatic heterocycles. The molecule has 0 saturated carbocycles. The lowest BCUT2D eigenvalue weighted by Gasteiger charge is -2.23. The molecule has 0 spiro atoms. The SMILES string of the molecule is NC1CCc2cccc3c2N(C1=O)C(C=O)C3. The summed E-state index contributed by atoms with van der Waals surface area (Å²) >= 11 is 0. The van der Waals surface area contributed by atoms with Crippen molar-refractivity contribution < 1.29 is 9.59 Å². The summed E-state index contributed by atoms with van der Waals surface area (Å²) in [7, 11) is 0. The van der Waals surface area contributed by atoms with Crippen molar-refractivity contribution in [1.82, 2.24) is 0 Å². The van der Waals surface area contributed by atoms with Crippen molar-refractivity contribution in [2.75, 3.05) is 4.90 Å². The van der Waals surface area contributed by atoms with Crippen LogP contribution in [0, 0.1) is 0 Å². The van der Waals surface area contributed by atoms with Gasteiger partial charge in [-0.15, -0.1) is 0 Å². The summed E-state index contributed by atoms with van der Waals surface area (Å²) in [5, 5.41) is 0. The molecule has 0 aromatic heterocycles. The normalized spacial score (nSPS) is 26.6. The van der Waals surface area contributed by atoms with Gasteiger partial charge in [0.05, 0.1) is 17.8 Å². The molecule has 2 aliphatic rings. The van der Waals surface area contributed by atoms with Gasteiger partial charge < -0.3 is 10.5 Å². The van der Waals surface area contributed by atoms with Gasteiger partial charge >= 0.3 is 0 Å². The van der Waals surface area contributed by atoms with Gasteiger partial charge in [0, 0.05) is 6.42 Å². The summed E-state index contributed by atoms with van der Waals surface area (Å²) in [5.74, 6) is -0.120. The highest BCUT2D eigenvalue weighted by Gasteiger charge is 2.39. The number of aryl methyl sites for hydroxylation is 1. The lowest BCUT2D eigenvalue weighted by atomic mass is 10.0. The Hall–Kier alpha value is -1.68. The molecule has 88 valence electrons. The van der Waals surface area contributed by atoms with Crippen LogP contribution in [0.4, 0.5) is 5.69 Å². The maximum atomic E-state index is 12.2. The molecule has 0 bridgehead atoms. The molecule has 17 heavy (non-hydrogen) atoms. The lowest BCUT2D eigenvalue weighted by molar-refractivity contribution is -0.121. The van der Waals surface area contributed by atoms with Crippen LogP contribution in [0.2, 0.25) is 0 Å². The smallest absolute Gasteiger partial charge is 0.244 e. The van der Waals surface area contributed by atoms with Crippen LogP contribution in [0.1, 0.15) is 17.5 Å². The quantitative estimate of drug-likeness (QED) is 0.711. The number of amides is 1. The standard InChI is InChI=1S/C13H14N2O2/c14-11-5-4-8-2-1-3-9-6-10(7-16)15(12(8)9)13(11)17/h1-3,7,10-11H,4-6,14H2. The van der Waals surface area contributed by atoms with Crippen molar-refractivity contribution in [3.8, 4) is 0 Å². The van der Waals surface area contributed by atoms with Crippen molar-refractivity contribution in [3.05, 3.63) is 29.3 Å². The van der Waals surface area contributed by atoms with Crippen LogP contribution in [-0.4, -0.2) is 24.3 Å². The summed E-state index contributed by atoms with van der Waals surface area (Å²) in [5.41, 5.74) is 9.01. The van der Waals surface area contributed by atoms with Crippen molar-refractivity contribution in [2.24, 2.45) is 5.73 Å². The summed E-state index contributed by atoms with van der Waals surface area (Å²) in [6, 6.07) is 5.13. The number of benzene rings is 1. The Morgan fingerprint density at radius 1 is 1.35 bits per heavy atom. The van der Waals surface area contributed by atoms with Crippen LogP contribution in [0.25, 0.3) is 0 Å². The molecule has 1 aromatic carbocycles. The minimum Gasteiger partial charge on any atom is -0.320 e. The number of carbonyl (C=O) groups is 2. The number of hydrogen-bond donors (Lipinski definition) is 1. The van der Waals surface area contributed by atoms with E-state index in [1.165, 1.54) is 0 Å². The van der Waals surface area contributed by atoms with Gasteiger partial charge in [-0.3, -0.25) is 9.69 Å². The van der Waals surface area contributed by atoms with Crippen LogP contribution in [0.5, 0.6) is 0 Å². The lowest BCUT2D eigenvalue weighted by Crippen LogP contribution is -2.47. The zero-order valence-corrected chi connectivity index (χ0v) is 9.43. The highest BCUT2D eigenvalue weighted by atomic mass is 16.2. The van der Waals surface area contributed by atoms with Crippen LogP contribution < -0.4 is 10.6 Å². The summed E-state index contributed by atoms with van der Waals surface area (Å²) in [6.45, 7) is 0. The predicted octanol–water partition coefficient (Wildman–Crippen LogP) is 0.417. The van der Waals surface area contributed by atoms with Crippen LogP contribution >= 0.6 is 0 Å². The van der Waals surface area contributed by atoms with Crippen LogP contribution in [0.3, 0.4) is 0 Å². The first-order valence-electron chi connectivity index (χ1n) is 5.87. The van der Waals surface area contributed by atoms with Crippen molar-refractivity contribution in [1.29, 1.82) is 0 Å². The van der Waals surface area contributed by atoms with Gasteiger partial charge in [-0.25, -0.2) is 0 Å². The molecule has 0 fully saturated rings. The van der Waals surface area contributed by atoms with E-state index in [1.807, 2.05) is 18.2 Å². The van der Waals surface area contributed by atoms with Gasteiger partial charge in [-0.2, -0.15) is 0 Å². The maximum Gasteiger partial charge on any atom is 0.244 e. The Morgan fingerprint density at radius 2 is 2.12 bits per heavy atom. The average molecular weight is 230 g/mol. The highest BCUT2D eigenvalue weighted by Crippen LogP contribution is 2.37. The van der Waals surface area contributed by atoms with E-state index >= 15 is 0 Å². The van der Waals surface area contributed by atoms with Gasteiger partial charge in [0.1, 0.15) is 6.29 Å². The van der Waals surface area contributed by atoms with Crippen molar-refractivity contribution in [2.45, 2.75) is 31.3 Å². The third-order valence-corrected chi connectivity index (χ3v) is 3.64. The molecule has 0 saturated heterocycles. The van der Waals surface area contributed by atoms with Gasteiger partial charge in [-0.1, -0.05) is 18.2 Å². The second kappa shape index (κ2) is 3.67. The molecular formula is C13H14N2O2. The maximum absolute atomic E-state index is 12.2. The minimum absolute atomic E-state index is 0.120. The summed E-state index contributed by atoms with van der Waals surface area (Å²) in [6.07, 6.45) is 2.92. The van der Waals surface area contributed by atoms with Gasteiger partial charge in [0.2, 0.25) is 5.91 Å². The molecule has 2 unspecified atom stereocenters. The van der Waals surface area contributed by atoms with E-state index in [4.69, 9.17) is 5.73 Å². The molecule has 2 atom stereocenters. The third-order valence-electron chi connectivity index (χ3n) is 3.64. The fraction of sp³-hybridized carbons (Fsp3) is 0.385. The Kier molecular flexibility index (Phi) is 2.26. The number of aldehydes is 1. The topological polar surface area (TPSA) is 63.4 Å². The first kappa shape index (κ1) is 10.5. The summed E-state index contributed by atoms with van der Waals surface area (Å²) < 4.78 is 0. The molecule has 4 heteroatoms. The second-order valence-electron chi connectivity index (χ2n) is 4.69. The van der Waals surface area contributed by atoms with E-state index in [1.54, 1.807) is 4.90 Å². The Bertz CT molecular complexity index is 498. The zero-order valence-electron chi connectivity index (χ0n) is 9.43. The van der Waals surface area contributed by atoms with E-state index < -0.39 is 6.04 Å². The number of rotatable bonds is 1. The number of nitrogens with zero attached hydrogens (tertiary/aromatic N) is 1. The molecule has 3 rings (SSSR count). The van der Waals surface area contributed by atoms with E-state index in [0.717, 1.165) is 29.5 Å². The zero-order chi connectivity index (χ0) is 12.0. The predicted molar refractivity (Wildman–Crippen MR) is 63.8 cm³/mol. The monoisotopic (exact) mass is 230 g/mol. The second-order valence-corrected chi connectivity index (χ2v) is 4.69. The van der Waals surface area contributed by atoms with Crippen LogP contribution in [-0.2, 0) is 22.4 Å². The molecule has 2 heterocycles. The van der Waals surface area contributed by atoms with Crippen molar-refractivity contribution >= 4 is 17.9 Å². The number of carbonyl (C=O) groups excluding carboxylic acids is 2. The molecule has 0 radical (unpaired) electrons. The van der Waals surface area contributed by atoms with E-state index in [0.29, 0.717) is 12.8 Å². The first-order chi connectivity index (χ1) is 8.22. The van der Waals surface area contributed by atoms with E-state index in [-0.39, 0.29) is 11.9 Å². The number of hydrogen-bond acceptors (Lipinski definition) is 3. The minimum atomic E-state index is -0.490. The van der Waals surface area contributed by atoms with Crippen molar-refractivity contribution in [3.63, 3.8) is 0 Å². The largest absolute Gasteiger partial charge is 0.320 e. The highest BCUT2D eigenvalue weighted by molar-refractivity contribution is 6.04. The van der Waals surface area contributed by atoms with Crippen LogP contribution in [0.15, 0.2) is 18.2 Å². The average Bonchev–Trinajstić information content (AvgIpc) is 2.67. The Balaban J connectivity index is 2.19. The fourth-order valence-electron chi connectivity index (χ4n) is 2.80. The molecule has 2 N–H and O–H groups in total. The third kappa shape index (κ3) is 1.41. The molecule has 1 amide bonds. The van der Waals surface area contributed by atoms with Gasteiger partial charge in [-0.05, 0) is 24.0 Å². The van der Waals surface area contributed by atoms with Gasteiger partial charge in [0.25, 0.3) is 0 Å². The van der Waals surface area contributed by atoms with E-state index in [9.17, 15) is 9.59 Å². The molecule has 4 nitrogen and oxygen atoms in total. The van der Waals surface area contributed by atoms with E-state index in [2.05, 4.69) is 0 Å². The first-order valence-corrected chi connectivity index (χ1v) is 5.87. The number of anilines is 1. The molecular weight excluding hydrogens is 216 g/mol. The number of nitrogens with two attached hydrogens (primary N) is 1. The molecule has 1 aromatic rings. The fourth-order valence-corrected chi connectivity index (χ4v) is 2.80. The Morgan fingerprint density at radius 3 is 2.88 bits per heavy atom. The number of para-hydroxylation sites is 1. The Labute approximate surface area is 99.4 Å². The summed E-state index contributed by atoms with van der Waals surface area (Å²) in [4.78, 5) is 24.9. The molecule has 0 aliphatic carbocycles. The van der Waals surface area contributed by atoms with Gasteiger partial charge in [0.15, 0.2) is 0 Å².